The summed E-state index contributed by atoms with van der Waals surface area (Å²) >= 11 is 0. The van der Waals surface area contributed by atoms with Crippen LogP contribution in [0.4, 0.5) is 16.4 Å². The summed E-state index contributed by atoms with van der Waals surface area (Å²) < 4.78 is 24.6. The monoisotopic (exact) mass is 405 g/mol. The van der Waals surface area contributed by atoms with Gasteiger partial charge in [0.15, 0.2) is 0 Å². The van der Waals surface area contributed by atoms with Crippen LogP contribution < -0.4 is 20.1 Å². The standard InChI is InChI=1S/C14H23N7O3S.ClH/c1-14(8-18-25(15,23)24)3-5-21(6-4-14)12-10-7-20(2)13(22)19-11(10)16-9-17-12;/h9,18H,3-8H2,1-2H3,(H2,15,23,24)(H,16,17,19,22);1H. The van der Waals surface area contributed by atoms with Gasteiger partial charge in [-0.2, -0.15) is 8.42 Å². The smallest absolute Gasteiger partial charge is 0.323 e. The molecule has 10 nitrogen and oxygen atoms in total. The number of nitrogens with two attached hydrogens (primary N) is 1. The van der Waals surface area contributed by atoms with Crippen LogP contribution in [0.2, 0.25) is 0 Å². The molecule has 2 aliphatic rings. The molecule has 3 heterocycles. The number of carbonyl (C=O) groups is 1. The Morgan fingerprint density at radius 3 is 2.62 bits per heavy atom. The van der Waals surface area contributed by atoms with E-state index in [1.807, 2.05) is 6.92 Å². The molecule has 2 aliphatic heterocycles. The van der Waals surface area contributed by atoms with Crippen molar-refractivity contribution < 1.29 is 13.2 Å². The van der Waals surface area contributed by atoms with Crippen molar-refractivity contribution >= 4 is 40.3 Å². The van der Waals surface area contributed by atoms with Gasteiger partial charge in [-0.25, -0.2) is 24.6 Å². The van der Waals surface area contributed by atoms with Crippen molar-refractivity contribution in [1.29, 1.82) is 0 Å². The predicted molar refractivity (Wildman–Crippen MR) is 100 cm³/mol. The zero-order valence-electron chi connectivity index (χ0n) is 14.7. The lowest BCUT2D eigenvalue weighted by atomic mass is 9.80. The molecule has 12 heteroatoms. The van der Waals surface area contributed by atoms with Crippen LogP contribution in [0.5, 0.6) is 0 Å². The van der Waals surface area contributed by atoms with E-state index in [0.29, 0.717) is 18.9 Å². The fraction of sp³-hybridized carbons (Fsp3) is 0.643. The summed E-state index contributed by atoms with van der Waals surface area (Å²) in [6.45, 7) is 4.30. The number of aromatic nitrogens is 2. The Hall–Kier alpha value is -1.69. The molecule has 0 bridgehead atoms. The molecule has 1 saturated heterocycles. The van der Waals surface area contributed by atoms with E-state index in [-0.39, 0.29) is 23.9 Å². The lowest BCUT2D eigenvalue weighted by Gasteiger charge is -2.41. The van der Waals surface area contributed by atoms with E-state index in [0.717, 1.165) is 37.3 Å². The number of amides is 2. The third-order valence-electron chi connectivity index (χ3n) is 4.86. The van der Waals surface area contributed by atoms with E-state index in [1.165, 1.54) is 6.33 Å². The Bertz CT molecular complexity index is 781. The normalized spacial score (nSPS) is 19.4. The molecule has 1 fully saturated rings. The maximum absolute atomic E-state index is 11.8. The van der Waals surface area contributed by atoms with E-state index in [4.69, 9.17) is 5.14 Å². The number of hydrogen-bond donors (Lipinski definition) is 3. The minimum Gasteiger partial charge on any atom is -0.356 e. The highest BCUT2D eigenvalue weighted by Gasteiger charge is 2.33. The Morgan fingerprint density at radius 1 is 1.35 bits per heavy atom. The minimum absolute atomic E-state index is 0. The van der Waals surface area contributed by atoms with Crippen LogP contribution >= 0.6 is 12.4 Å². The lowest BCUT2D eigenvalue weighted by Crippen LogP contribution is -2.47. The largest absolute Gasteiger partial charge is 0.356 e. The van der Waals surface area contributed by atoms with Crippen molar-refractivity contribution in [3.8, 4) is 0 Å². The lowest BCUT2D eigenvalue weighted by molar-refractivity contribution is 0.218. The molecule has 0 atom stereocenters. The van der Waals surface area contributed by atoms with Crippen molar-refractivity contribution in [2.24, 2.45) is 10.6 Å². The highest BCUT2D eigenvalue weighted by Crippen LogP contribution is 2.35. The van der Waals surface area contributed by atoms with Crippen LogP contribution in [0.15, 0.2) is 6.33 Å². The van der Waals surface area contributed by atoms with E-state index in [9.17, 15) is 13.2 Å². The van der Waals surface area contributed by atoms with E-state index in [1.54, 1.807) is 11.9 Å². The fourth-order valence-electron chi connectivity index (χ4n) is 3.14. The second-order valence-electron chi connectivity index (χ2n) is 6.97. The van der Waals surface area contributed by atoms with Gasteiger partial charge in [-0.15, -0.1) is 12.4 Å². The first-order valence-electron chi connectivity index (χ1n) is 8.05. The van der Waals surface area contributed by atoms with E-state index in [2.05, 4.69) is 24.9 Å². The molecule has 1 aromatic rings. The summed E-state index contributed by atoms with van der Waals surface area (Å²) in [7, 11) is -1.96. The average molecular weight is 406 g/mol. The zero-order valence-corrected chi connectivity index (χ0v) is 16.4. The van der Waals surface area contributed by atoms with Crippen molar-refractivity contribution in [2.75, 3.05) is 36.9 Å². The van der Waals surface area contributed by atoms with Crippen molar-refractivity contribution in [2.45, 2.75) is 26.3 Å². The maximum Gasteiger partial charge on any atom is 0.323 e. The zero-order chi connectivity index (χ0) is 18.2. The number of carbonyl (C=O) groups excluding carboxylic acids is 1. The van der Waals surface area contributed by atoms with Crippen molar-refractivity contribution in [3.05, 3.63) is 11.9 Å². The highest BCUT2D eigenvalue weighted by atomic mass is 35.5. The second-order valence-corrected chi connectivity index (χ2v) is 8.35. The predicted octanol–water partition coefficient (Wildman–Crippen LogP) is 0.275. The number of piperidine rings is 1. The average Bonchev–Trinajstić information content (AvgIpc) is 2.54. The summed E-state index contributed by atoms with van der Waals surface area (Å²) in [4.78, 5) is 24.1. The molecule has 26 heavy (non-hydrogen) atoms. The summed E-state index contributed by atoms with van der Waals surface area (Å²) in [6, 6.07) is -0.183. The van der Waals surface area contributed by atoms with Gasteiger partial charge in [0.25, 0.3) is 10.2 Å². The quantitative estimate of drug-likeness (QED) is 0.658. The van der Waals surface area contributed by atoms with Crippen LogP contribution in [0.3, 0.4) is 0 Å². The Balaban J connectivity index is 0.00000243. The molecule has 146 valence electrons. The summed E-state index contributed by atoms with van der Waals surface area (Å²) in [5, 5.41) is 7.79. The highest BCUT2D eigenvalue weighted by molar-refractivity contribution is 7.87. The van der Waals surface area contributed by atoms with Crippen LogP contribution in [-0.2, 0) is 16.8 Å². The van der Waals surface area contributed by atoms with Crippen LogP contribution in [0, 0.1) is 5.41 Å². The molecule has 3 rings (SSSR count). The van der Waals surface area contributed by atoms with Gasteiger partial charge in [-0.1, -0.05) is 6.92 Å². The van der Waals surface area contributed by atoms with Gasteiger partial charge in [0, 0.05) is 26.7 Å². The van der Waals surface area contributed by atoms with E-state index >= 15 is 0 Å². The Labute approximate surface area is 159 Å². The molecule has 0 radical (unpaired) electrons. The number of rotatable bonds is 4. The summed E-state index contributed by atoms with van der Waals surface area (Å²) in [5.41, 5.74) is 0.747. The number of halogens is 1. The fourth-order valence-corrected chi connectivity index (χ4v) is 3.69. The number of nitrogens with one attached hydrogen (secondary N) is 2. The van der Waals surface area contributed by atoms with Crippen molar-refractivity contribution in [1.82, 2.24) is 19.6 Å². The second kappa shape index (κ2) is 7.51. The SMILES string of the molecule is CN1Cc2c(ncnc2N2CCC(C)(CNS(N)(=O)=O)CC2)NC1=O.Cl. The molecule has 4 N–H and O–H groups in total. The molecule has 0 spiro atoms. The van der Waals surface area contributed by atoms with Crippen LogP contribution in [0.25, 0.3) is 0 Å². The third kappa shape index (κ3) is 4.53. The molecule has 1 aromatic heterocycles. The van der Waals surface area contributed by atoms with Crippen molar-refractivity contribution in [3.63, 3.8) is 0 Å². The molecular formula is C14H24ClN7O3S. The van der Waals surface area contributed by atoms with Gasteiger partial charge in [0.2, 0.25) is 0 Å². The molecule has 0 aliphatic carbocycles. The van der Waals surface area contributed by atoms with Gasteiger partial charge in [-0.05, 0) is 18.3 Å². The Kier molecular flexibility index (Phi) is 5.95. The molecule has 2 amide bonds. The number of urea groups is 1. The third-order valence-corrected chi connectivity index (χ3v) is 5.41. The first-order chi connectivity index (χ1) is 11.7. The molecular weight excluding hydrogens is 382 g/mol. The first kappa shape index (κ1) is 20.6. The number of anilines is 2. The van der Waals surface area contributed by atoms with Crippen LogP contribution in [0.1, 0.15) is 25.3 Å². The Morgan fingerprint density at radius 2 is 2.00 bits per heavy atom. The number of nitrogens with zero attached hydrogens (tertiary/aromatic N) is 4. The van der Waals surface area contributed by atoms with Crippen LogP contribution in [-0.4, -0.2) is 56.0 Å². The number of fused-ring (bicyclic) bond motifs is 1. The topological polar surface area (TPSA) is 134 Å². The maximum atomic E-state index is 11.8. The van der Waals surface area contributed by atoms with Gasteiger partial charge in [0.05, 0.1) is 12.1 Å². The van der Waals surface area contributed by atoms with E-state index < -0.39 is 10.2 Å². The van der Waals surface area contributed by atoms with Gasteiger partial charge >= 0.3 is 6.03 Å². The summed E-state index contributed by atoms with van der Waals surface area (Å²) in [5.74, 6) is 1.37. The van der Waals surface area contributed by atoms with Gasteiger partial charge < -0.3 is 9.80 Å². The first-order valence-corrected chi connectivity index (χ1v) is 9.60. The molecule has 0 unspecified atom stereocenters. The van der Waals surface area contributed by atoms with Gasteiger partial charge in [-0.3, -0.25) is 5.32 Å². The molecule has 0 saturated carbocycles. The minimum atomic E-state index is -3.68. The molecule has 0 aromatic carbocycles. The number of hydrogen-bond acceptors (Lipinski definition) is 6. The summed E-state index contributed by atoms with van der Waals surface area (Å²) in [6.07, 6.45) is 3.06. The van der Waals surface area contributed by atoms with Gasteiger partial charge in [0.1, 0.15) is 18.0 Å².